The number of aromatic nitrogens is 1. The van der Waals surface area contributed by atoms with Crippen molar-refractivity contribution in [1.29, 1.82) is 0 Å². The molecule has 0 N–H and O–H groups in total. The summed E-state index contributed by atoms with van der Waals surface area (Å²) in [6.45, 7) is 5.16. The van der Waals surface area contributed by atoms with Crippen LogP contribution in [0.4, 0.5) is 4.39 Å². The van der Waals surface area contributed by atoms with Gasteiger partial charge < -0.3 is 4.74 Å². The number of pyridine rings is 1. The van der Waals surface area contributed by atoms with E-state index in [0.29, 0.717) is 29.5 Å². The predicted molar refractivity (Wildman–Crippen MR) is 147 cm³/mol. The Bertz CT molecular complexity index is 826. The summed E-state index contributed by atoms with van der Waals surface area (Å²) in [4.78, 5) is 4.64. The van der Waals surface area contributed by atoms with Gasteiger partial charge in [0.25, 0.3) is 0 Å². The fourth-order valence-electron chi connectivity index (χ4n) is 5.49. The number of hydrogen-bond donors (Lipinski definition) is 0. The van der Waals surface area contributed by atoms with Gasteiger partial charge >= 0.3 is 0 Å². The van der Waals surface area contributed by atoms with Crippen molar-refractivity contribution in [2.24, 2.45) is 5.92 Å². The SMILES string of the molecule is CCCCCCCCOc1ccc(-c2ccc(C3CCC(CCCCCCC)CC3)cn2)c(F)c1. The summed E-state index contributed by atoms with van der Waals surface area (Å²) in [5.41, 5.74) is 2.57. The zero-order chi connectivity index (χ0) is 24.7. The summed E-state index contributed by atoms with van der Waals surface area (Å²) in [5, 5.41) is 0. The number of nitrogens with zero attached hydrogens (tertiary/aromatic N) is 1. The fraction of sp³-hybridized carbons (Fsp3) is 0.656. The first-order valence-corrected chi connectivity index (χ1v) is 14.6. The molecule has 0 aliphatic heterocycles. The highest BCUT2D eigenvalue weighted by Crippen LogP contribution is 2.38. The van der Waals surface area contributed by atoms with Crippen molar-refractivity contribution < 1.29 is 9.13 Å². The van der Waals surface area contributed by atoms with Crippen molar-refractivity contribution in [3.05, 3.63) is 47.9 Å². The van der Waals surface area contributed by atoms with Crippen molar-refractivity contribution in [1.82, 2.24) is 4.98 Å². The molecule has 1 saturated carbocycles. The average molecular weight is 482 g/mol. The fourth-order valence-corrected chi connectivity index (χ4v) is 5.49. The second kappa shape index (κ2) is 16.0. The van der Waals surface area contributed by atoms with E-state index in [1.54, 1.807) is 6.07 Å². The van der Waals surface area contributed by atoms with Gasteiger partial charge in [-0.25, -0.2) is 4.39 Å². The minimum absolute atomic E-state index is 0.259. The highest BCUT2D eigenvalue weighted by atomic mass is 19.1. The molecule has 194 valence electrons. The second-order valence-electron chi connectivity index (χ2n) is 10.7. The molecule has 2 aromatic rings. The molecular formula is C32H48FNO. The molecule has 0 atom stereocenters. The quantitative estimate of drug-likeness (QED) is 0.222. The lowest BCUT2D eigenvalue weighted by Gasteiger charge is -2.28. The van der Waals surface area contributed by atoms with E-state index in [2.05, 4.69) is 24.9 Å². The van der Waals surface area contributed by atoms with Gasteiger partial charge in [0, 0.05) is 17.8 Å². The van der Waals surface area contributed by atoms with E-state index in [1.165, 1.54) is 108 Å². The van der Waals surface area contributed by atoms with E-state index < -0.39 is 0 Å². The van der Waals surface area contributed by atoms with Gasteiger partial charge in [-0.15, -0.1) is 0 Å². The topological polar surface area (TPSA) is 22.1 Å². The molecule has 3 heteroatoms. The minimum atomic E-state index is -0.259. The van der Waals surface area contributed by atoms with Crippen molar-refractivity contribution in [3.8, 4) is 17.0 Å². The first-order chi connectivity index (χ1) is 17.2. The minimum Gasteiger partial charge on any atom is -0.493 e. The Kier molecular flexibility index (Phi) is 12.6. The molecule has 3 rings (SSSR count). The van der Waals surface area contributed by atoms with Crippen LogP contribution in [-0.2, 0) is 0 Å². The Hall–Kier alpha value is -1.90. The lowest BCUT2D eigenvalue weighted by atomic mass is 9.77. The van der Waals surface area contributed by atoms with Gasteiger partial charge in [0.15, 0.2) is 0 Å². The molecule has 0 bridgehead atoms. The van der Waals surface area contributed by atoms with Crippen LogP contribution in [0, 0.1) is 11.7 Å². The maximum absolute atomic E-state index is 14.8. The van der Waals surface area contributed by atoms with Crippen LogP contribution < -0.4 is 4.74 Å². The lowest BCUT2D eigenvalue weighted by molar-refractivity contribution is 0.301. The van der Waals surface area contributed by atoms with Crippen LogP contribution in [-0.4, -0.2) is 11.6 Å². The molecule has 1 aliphatic carbocycles. The zero-order valence-electron chi connectivity index (χ0n) is 22.4. The monoisotopic (exact) mass is 481 g/mol. The molecule has 2 nitrogen and oxygen atoms in total. The van der Waals surface area contributed by atoms with Crippen molar-refractivity contribution in [2.75, 3.05) is 6.61 Å². The third-order valence-electron chi connectivity index (χ3n) is 7.80. The van der Waals surface area contributed by atoms with Crippen molar-refractivity contribution in [2.45, 2.75) is 122 Å². The molecular weight excluding hydrogens is 433 g/mol. The van der Waals surface area contributed by atoms with E-state index in [-0.39, 0.29) is 5.82 Å². The average Bonchev–Trinajstić information content (AvgIpc) is 2.89. The Morgan fingerprint density at radius 2 is 1.49 bits per heavy atom. The normalized spacial score (nSPS) is 18.0. The molecule has 0 unspecified atom stereocenters. The molecule has 0 radical (unpaired) electrons. The summed E-state index contributed by atoms with van der Waals surface area (Å²) >= 11 is 0. The Labute approximate surface area is 214 Å². The molecule has 0 saturated heterocycles. The third-order valence-corrected chi connectivity index (χ3v) is 7.80. The van der Waals surface area contributed by atoms with Gasteiger partial charge in [-0.2, -0.15) is 0 Å². The zero-order valence-corrected chi connectivity index (χ0v) is 22.4. The van der Waals surface area contributed by atoms with Gasteiger partial charge in [-0.05, 0) is 67.7 Å². The third kappa shape index (κ3) is 9.58. The van der Waals surface area contributed by atoms with E-state index in [4.69, 9.17) is 4.74 Å². The number of rotatable bonds is 16. The van der Waals surface area contributed by atoms with E-state index in [9.17, 15) is 4.39 Å². The summed E-state index contributed by atoms with van der Waals surface area (Å²) in [5.74, 6) is 1.87. The van der Waals surface area contributed by atoms with Crippen LogP contribution in [0.3, 0.4) is 0 Å². The van der Waals surface area contributed by atoms with Gasteiger partial charge in [0.2, 0.25) is 0 Å². The largest absolute Gasteiger partial charge is 0.493 e. The van der Waals surface area contributed by atoms with Crippen LogP contribution in [0.15, 0.2) is 36.5 Å². The number of unbranched alkanes of at least 4 members (excludes halogenated alkanes) is 9. The van der Waals surface area contributed by atoms with Gasteiger partial charge in [-0.3, -0.25) is 4.98 Å². The highest BCUT2D eigenvalue weighted by molar-refractivity contribution is 5.61. The summed E-state index contributed by atoms with van der Waals surface area (Å²) < 4.78 is 20.6. The second-order valence-corrected chi connectivity index (χ2v) is 10.7. The van der Waals surface area contributed by atoms with Crippen LogP contribution in [0.25, 0.3) is 11.3 Å². The van der Waals surface area contributed by atoms with Crippen LogP contribution in [0.5, 0.6) is 5.75 Å². The highest BCUT2D eigenvalue weighted by Gasteiger charge is 2.22. The molecule has 1 aromatic carbocycles. The number of ether oxygens (including phenoxy) is 1. The predicted octanol–water partition coefficient (Wildman–Crippen LogP) is 10.3. The van der Waals surface area contributed by atoms with Crippen molar-refractivity contribution in [3.63, 3.8) is 0 Å². The van der Waals surface area contributed by atoms with Gasteiger partial charge in [-0.1, -0.05) is 90.5 Å². The van der Waals surface area contributed by atoms with Crippen LogP contribution >= 0.6 is 0 Å². The Balaban J connectivity index is 1.42. The molecule has 1 aromatic heterocycles. The summed E-state index contributed by atoms with van der Waals surface area (Å²) in [6.07, 6.45) is 22.8. The Morgan fingerprint density at radius 3 is 2.14 bits per heavy atom. The molecule has 1 aliphatic rings. The van der Waals surface area contributed by atoms with Crippen LogP contribution in [0.2, 0.25) is 0 Å². The number of benzene rings is 1. The van der Waals surface area contributed by atoms with E-state index >= 15 is 0 Å². The Morgan fingerprint density at radius 1 is 0.800 bits per heavy atom. The lowest BCUT2D eigenvalue weighted by Crippen LogP contribution is -2.13. The number of halogens is 1. The van der Waals surface area contributed by atoms with E-state index in [1.807, 2.05) is 18.3 Å². The summed E-state index contributed by atoms with van der Waals surface area (Å²) in [7, 11) is 0. The van der Waals surface area contributed by atoms with Gasteiger partial charge in [0.05, 0.1) is 12.3 Å². The van der Waals surface area contributed by atoms with Gasteiger partial charge in [0.1, 0.15) is 11.6 Å². The van der Waals surface area contributed by atoms with Crippen molar-refractivity contribution >= 4 is 0 Å². The molecule has 0 amide bonds. The maximum atomic E-state index is 14.8. The number of hydrogen-bond acceptors (Lipinski definition) is 2. The van der Waals surface area contributed by atoms with Crippen LogP contribution in [0.1, 0.15) is 128 Å². The molecule has 35 heavy (non-hydrogen) atoms. The van der Waals surface area contributed by atoms with E-state index in [0.717, 1.165) is 12.3 Å². The molecule has 1 heterocycles. The summed E-state index contributed by atoms with van der Waals surface area (Å²) in [6, 6.07) is 9.34. The standard InChI is InChI=1S/C32H48FNO/c1-3-5-7-9-11-13-23-35-29-20-21-30(31(33)24-29)32-22-19-28(25-34-32)27-17-15-26(16-18-27)14-12-10-8-6-4-2/h19-22,24-27H,3-18,23H2,1-2H3. The maximum Gasteiger partial charge on any atom is 0.136 e. The molecule has 0 spiro atoms. The first kappa shape index (κ1) is 27.7. The molecule has 1 fully saturated rings. The smallest absolute Gasteiger partial charge is 0.136 e. The first-order valence-electron chi connectivity index (χ1n) is 14.6.